The minimum absolute atomic E-state index is 0. The van der Waals surface area contributed by atoms with E-state index in [9.17, 15) is 4.79 Å². The first kappa shape index (κ1) is 16.5. The van der Waals surface area contributed by atoms with Crippen LogP contribution in [0.3, 0.4) is 0 Å². The fraction of sp³-hybridized carbons (Fsp3) is 0.375. The highest BCUT2D eigenvalue weighted by Gasteiger charge is 2.23. The van der Waals surface area contributed by atoms with Crippen molar-refractivity contribution in [3.63, 3.8) is 0 Å². The molecule has 1 amide bonds. The third-order valence-corrected chi connectivity index (χ3v) is 2.38. The average molecular weight is 277 g/mol. The SMILES string of the molecule is Cl.Cl.Cl.O=C(NC1CC1)c1ccsc1. The second kappa shape index (κ2) is 7.35. The molecule has 1 aromatic heterocycles. The van der Waals surface area contributed by atoms with Gasteiger partial charge in [-0.3, -0.25) is 4.79 Å². The van der Waals surface area contributed by atoms with Crippen molar-refractivity contribution in [1.29, 1.82) is 0 Å². The van der Waals surface area contributed by atoms with Crippen LogP contribution in [0.2, 0.25) is 0 Å². The first-order valence-corrected chi connectivity index (χ1v) is 4.63. The van der Waals surface area contributed by atoms with Crippen LogP contribution in [0.4, 0.5) is 0 Å². The molecule has 0 unspecified atom stereocenters. The number of hydrogen-bond donors (Lipinski definition) is 1. The molecule has 0 atom stereocenters. The molecule has 1 aromatic rings. The molecule has 0 aromatic carbocycles. The average Bonchev–Trinajstić information content (AvgIpc) is 2.67. The number of carbonyl (C=O) groups excluding carboxylic acids is 1. The van der Waals surface area contributed by atoms with E-state index in [1.165, 1.54) is 0 Å². The highest BCUT2D eigenvalue weighted by molar-refractivity contribution is 7.08. The van der Waals surface area contributed by atoms with E-state index in [0.29, 0.717) is 6.04 Å². The van der Waals surface area contributed by atoms with Gasteiger partial charge in [-0.2, -0.15) is 11.3 Å². The standard InChI is InChI=1S/C8H9NOS.3ClH/c10-8(9-7-1-2-7)6-3-4-11-5-6;;;/h3-5,7H,1-2H2,(H,9,10);3*1H. The van der Waals surface area contributed by atoms with E-state index in [4.69, 9.17) is 0 Å². The number of rotatable bonds is 2. The third kappa shape index (κ3) is 4.51. The van der Waals surface area contributed by atoms with Crippen LogP contribution in [0, 0.1) is 0 Å². The lowest BCUT2D eigenvalue weighted by molar-refractivity contribution is 0.0951. The lowest BCUT2D eigenvalue weighted by Gasteiger charge is -1.98. The first-order valence-electron chi connectivity index (χ1n) is 3.69. The van der Waals surface area contributed by atoms with Gasteiger partial charge in [0, 0.05) is 17.0 Å². The smallest absolute Gasteiger partial charge is 0.252 e. The van der Waals surface area contributed by atoms with Crippen LogP contribution < -0.4 is 5.32 Å². The maximum Gasteiger partial charge on any atom is 0.252 e. The van der Waals surface area contributed by atoms with Crippen LogP contribution in [0.1, 0.15) is 23.2 Å². The van der Waals surface area contributed by atoms with Crippen LogP contribution >= 0.6 is 48.6 Å². The normalized spacial score (nSPS) is 12.9. The fourth-order valence-corrected chi connectivity index (χ4v) is 1.53. The Morgan fingerprint density at radius 1 is 1.36 bits per heavy atom. The monoisotopic (exact) mass is 275 g/mol. The van der Waals surface area contributed by atoms with E-state index in [1.807, 2.05) is 16.8 Å². The molecule has 82 valence electrons. The molecule has 2 rings (SSSR count). The van der Waals surface area contributed by atoms with Gasteiger partial charge >= 0.3 is 0 Å². The van der Waals surface area contributed by atoms with Gasteiger partial charge in [0.15, 0.2) is 0 Å². The number of nitrogens with one attached hydrogen (secondary N) is 1. The van der Waals surface area contributed by atoms with E-state index in [0.717, 1.165) is 18.4 Å². The molecule has 6 heteroatoms. The van der Waals surface area contributed by atoms with Gasteiger partial charge in [0.1, 0.15) is 0 Å². The third-order valence-electron chi connectivity index (χ3n) is 1.70. The van der Waals surface area contributed by atoms with Crippen molar-refractivity contribution in [3.05, 3.63) is 22.4 Å². The maximum atomic E-state index is 11.3. The van der Waals surface area contributed by atoms with Crippen molar-refractivity contribution in [2.24, 2.45) is 0 Å². The van der Waals surface area contributed by atoms with Crippen LogP contribution in [0.5, 0.6) is 0 Å². The van der Waals surface area contributed by atoms with Crippen molar-refractivity contribution in [3.8, 4) is 0 Å². The van der Waals surface area contributed by atoms with E-state index in [-0.39, 0.29) is 43.1 Å². The van der Waals surface area contributed by atoms with Gasteiger partial charge in [-0.25, -0.2) is 0 Å². The summed E-state index contributed by atoms with van der Waals surface area (Å²) in [6, 6.07) is 2.31. The van der Waals surface area contributed by atoms with Crippen LogP contribution in [-0.2, 0) is 0 Å². The summed E-state index contributed by atoms with van der Waals surface area (Å²) in [7, 11) is 0. The molecule has 1 saturated carbocycles. The predicted octanol–water partition coefficient (Wildman–Crippen LogP) is 2.91. The first-order chi connectivity index (χ1) is 5.36. The number of thiophene rings is 1. The Morgan fingerprint density at radius 2 is 2.00 bits per heavy atom. The summed E-state index contributed by atoms with van der Waals surface area (Å²) in [5.41, 5.74) is 0.793. The minimum atomic E-state index is 0. The molecular formula is C8H12Cl3NOS. The minimum Gasteiger partial charge on any atom is -0.349 e. The Labute approximate surface area is 106 Å². The summed E-state index contributed by atoms with van der Waals surface area (Å²) in [4.78, 5) is 11.3. The predicted molar refractivity (Wildman–Crippen MR) is 66.6 cm³/mol. The maximum absolute atomic E-state index is 11.3. The van der Waals surface area contributed by atoms with Gasteiger partial charge in [-0.1, -0.05) is 0 Å². The Hall–Kier alpha value is 0.0400. The molecule has 0 saturated heterocycles. The summed E-state index contributed by atoms with van der Waals surface area (Å²) in [6.07, 6.45) is 2.30. The zero-order valence-electron chi connectivity index (χ0n) is 7.26. The molecule has 14 heavy (non-hydrogen) atoms. The van der Waals surface area contributed by atoms with Gasteiger partial charge in [-0.15, -0.1) is 37.2 Å². The van der Waals surface area contributed by atoms with Crippen LogP contribution in [-0.4, -0.2) is 11.9 Å². The van der Waals surface area contributed by atoms with Crippen molar-refractivity contribution in [2.45, 2.75) is 18.9 Å². The van der Waals surface area contributed by atoms with Crippen molar-refractivity contribution in [2.75, 3.05) is 0 Å². The molecule has 1 aliphatic carbocycles. The summed E-state index contributed by atoms with van der Waals surface area (Å²) < 4.78 is 0. The summed E-state index contributed by atoms with van der Waals surface area (Å²) in [5.74, 6) is 0.0775. The molecule has 1 fully saturated rings. The van der Waals surface area contributed by atoms with Gasteiger partial charge in [0.25, 0.3) is 5.91 Å². The van der Waals surface area contributed by atoms with Gasteiger partial charge in [0.05, 0.1) is 0 Å². The molecule has 0 bridgehead atoms. The van der Waals surface area contributed by atoms with Crippen LogP contribution in [0.15, 0.2) is 16.8 Å². The van der Waals surface area contributed by atoms with Crippen LogP contribution in [0.25, 0.3) is 0 Å². The lowest BCUT2D eigenvalue weighted by atomic mass is 10.3. The summed E-state index contributed by atoms with van der Waals surface area (Å²) >= 11 is 1.55. The van der Waals surface area contributed by atoms with Gasteiger partial charge in [-0.05, 0) is 24.3 Å². The quantitative estimate of drug-likeness (QED) is 0.884. The zero-order valence-corrected chi connectivity index (χ0v) is 10.5. The Kier molecular flexibility index (Phi) is 8.64. The molecule has 0 aliphatic heterocycles. The van der Waals surface area contributed by atoms with Gasteiger partial charge in [0.2, 0.25) is 0 Å². The number of halogens is 3. The zero-order chi connectivity index (χ0) is 7.68. The van der Waals surface area contributed by atoms with Crippen molar-refractivity contribution in [1.82, 2.24) is 5.32 Å². The van der Waals surface area contributed by atoms with E-state index >= 15 is 0 Å². The number of amides is 1. The van der Waals surface area contributed by atoms with Crippen molar-refractivity contribution < 1.29 is 4.79 Å². The summed E-state index contributed by atoms with van der Waals surface area (Å²) in [6.45, 7) is 0. The van der Waals surface area contributed by atoms with E-state index in [2.05, 4.69) is 5.32 Å². The number of carbonyl (C=O) groups is 1. The van der Waals surface area contributed by atoms with Crippen molar-refractivity contribution >= 4 is 54.5 Å². The Balaban J connectivity index is 0. The Bertz CT molecular complexity index is 262. The molecule has 0 spiro atoms. The molecule has 2 nitrogen and oxygen atoms in total. The summed E-state index contributed by atoms with van der Waals surface area (Å²) in [5, 5.41) is 6.72. The van der Waals surface area contributed by atoms with E-state index in [1.54, 1.807) is 11.3 Å². The highest BCUT2D eigenvalue weighted by atomic mass is 35.5. The molecule has 0 radical (unpaired) electrons. The van der Waals surface area contributed by atoms with Gasteiger partial charge < -0.3 is 5.32 Å². The Morgan fingerprint density at radius 3 is 2.43 bits per heavy atom. The molecule has 1 N–H and O–H groups in total. The number of hydrogen-bond acceptors (Lipinski definition) is 2. The van der Waals surface area contributed by atoms with E-state index < -0.39 is 0 Å². The fourth-order valence-electron chi connectivity index (χ4n) is 0.890. The topological polar surface area (TPSA) is 29.1 Å². The highest BCUT2D eigenvalue weighted by Crippen LogP contribution is 2.19. The molecule has 1 heterocycles. The lowest BCUT2D eigenvalue weighted by Crippen LogP contribution is -2.24. The second-order valence-corrected chi connectivity index (χ2v) is 3.54. The largest absolute Gasteiger partial charge is 0.349 e. The second-order valence-electron chi connectivity index (χ2n) is 2.76. The molecule has 1 aliphatic rings. The molecular weight excluding hydrogens is 265 g/mol.